The molecule has 0 N–H and O–H groups in total. The highest BCUT2D eigenvalue weighted by atomic mass is 32.2. The molecule has 2 aromatic rings. The molecule has 4 rings (SSSR count). The van der Waals surface area contributed by atoms with Crippen molar-refractivity contribution >= 4 is 40.3 Å². The van der Waals surface area contributed by atoms with Gasteiger partial charge in [-0.25, -0.2) is 9.18 Å². The summed E-state index contributed by atoms with van der Waals surface area (Å²) in [4.78, 5) is 41.0. The van der Waals surface area contributed by atoms with Crippen molar-refractivity contribution in [2.24, 2.45) is 0 Å². The zero-order valence-corrected chi connectivity index (χ0v) is 19.2. The van der Waals surface area contributed by atoms with Gasteiger partial charge in [-0.05, 0) is 32.9 Å². The first kappa shape index (κ1) is 22.6. The minimum Gasteiger partial charge on any atom is -0.465 e. The Kier molecular flexibility index (Phi) is 6.43. The van der Waals surface area contributed by atoms with Crippen LogP contribution in [0.2, 0.25) is 0 Å². The van der Waals surface area contributed by atoms with Crippen LogP contribution in [-0.2, 0) is 14.3 Å². The zero-order chi connectivity index (χ0) is 23.0. The summed E-state index contributed by atoms with van der Waals surface area (Å²) in [7, 11) is 0. The molecule has 1 unspecified atom stereocenters. The van der Waals surface area contributed by atoms with E-state index in [1.54, 1.807) is 19.9 Å². The zero-order valence-electron chi connectivity index (χ0n) is 18.4. The fourth-order valence-electron chi connectivity index (χ4n) is 4.20. The van der Waals surface area contributed by atoms with E-state index in [0.717, 1.165) is 0 Å². The molecule has 1 aromatic carbocycles. The minimum atomic E-state index is -0.676. The lowest BCUT2D eigenvalue weighted by atomic mass is 10.1. The molecule has 1 fully saturated rings. The number of esters is 2. The third kappa shape index (κ3) is 3.97. The maximum absolute atomic E-state index is 15.1. The van der Waals surface area contributed by atoms with Crippen LogP contribution in [0.5, 0.6) is 0 Å². The second-order valence-corrected chi connectivity index (χ2v) is 9.01. The van der Waals surface area contributed by atoms with Gasteiger partial charge in [-0.1, -0.05) is 11.8 Å². The first-order valence-electron chi connectivity index (χ1n) is 10.7. The number of thioether (sulfide) groups is 1. The molecule has 2 aliphatic rings. The van der Waals surface area contributed by atoms with E-state index >= 15 is 4.39 Å². The number of rotatable bonds is 6. The van der Waals surface area contributed by atoms with E-state index in [1.807, 2.05) is 21.3 Å². The number of hydrogen-bond donors (Lipinski definition) is 0. The quantitative estimate of drug-likeness (QED) is 0.605. The monoisotopic (exact) mass is 463 g/mol. The topological polar surface area (TPSA) is 81.1 Å². The number of fused-ring (bicyclic) bond motifs is 3. The molecule has 10 heteroatoms. The number of pyridine rings is 1. The smallest absolute Gasteiger partial charge is 0.344 e. The molecule has 0 aliphatic carbocycles. The number of halogens is 1. The molecular weight excluding hydrogens is 437 g/mol. The average Bonchev–Trinajstić information content (AvgIpc) is 2.74. The maximum atomic E-state index is 15.1. The highest BCUT2D eigenvalue weighted by molar-refractivity contribution is 8.00. The summed E-state index contributed by atoms with van der Waals surface area (Å²) in [6.45, 7) is 8.43. The van der Waals surface area contributed by atoms with E-state index < -0.39 is 17.2 Å². The Bertz CT molecular complexity index is 1130. The van der Waals surface area contributed by atoms with Crippen molar-refractivity contribution in [1.82, 2.24) is 9.47 Å². The second kappa shape index (κ2) is 9.11. The SMILES string of the molecule is CCOC(=O)CN1CCN(c2cc3c(cc2F)c(=O)c(C(=O)OCC)c2n3C(C)S2)CC1. The maximum Gasteiger partial charge on any atom is 0.344 e. The van der Waals surface area contributed by atoms with Gasteiger partial charge in [0.2, 0.25) is 5.43 Å². The molecule has 3 heterocycles. The Morgan fingerprint density at radius 2 is 1.81 bits per heavy atom. The van der Waals surface area contributed by atoms with Gasteiger partial charge in [0.05, 0.1) is 41.4 Å². The van der Waals surface area contributed by atoms with E-state index in [-0.39, 0.29) is 35.4 Å². The minimum absolute atomic E-state index is 0.0148. The third-order valence-corrected chi connectivity index (χ3v) is 6.90. The van der Waals surface area contributed by atoms with Gasteiger partial charge in [-0.15, -0.1) is 0 Å². The van der Waals surface area contributed by atoms with Gasteiger partial charge >= 0.3 is 11.9 Å². The first-order chi connectivity index (χ1) is 15.3. The number of piperazine rings is 1. The molecule has 0 saturated carbocycles. The fraction of sp³-hybridized carbons (Fsp3) is 0.500. The van der Waals surface area contributed by atoms with Crippen molar-refractivity contribution in [3.63, 3.8) is 0 Å². The number of carbonyl (C=O) groups is 2. The normalized spacial score (nSPS) is 18.2. The van der Waals surface area contributed by atoms with Gasteiger partial charge in [0, 0.05) is 31.6 Å². The van der Waals surface area contributed by atoms with Crippen LogP contribution in [0, 0.1) is 5.82 Å². The highest BCUT2D eigenvalue weighted by Gasteiger charge is 2.34. The molecule has 1 saturated heterocycles. The molecule has 0 bridgehead atoms. The van der Waals surface area contributed by atoms with Crippen LogP contribution in [0.15, 0.2) is 22.0 Å². The molecule has 1 atom stereocenters. The van der Waals surface area contributed by atoms with Gasteiger partial charge < -0.3 is 18.9 Å². The molecule has 0 amide bonds. The van der Waals surface area contributed by atoms with E-state index in [9.17, 15) is 14.4 Å². The van der Waals surface area contributed by atoms with Crippen molar-refractivity contribution < 1.29 is 23.5 Å². The predicted molar refractivity (Wildman–Crippen MR) is 120 cm³/mol. The van der Waals surface area contributed by atoms with E-state index in [2.05, 4.69) is 0 Å². The average molecular weight is 464 g/mol. The van der Waals surface area contributed by atoms with Crippen molar-refractivity contribution in [3.8, 4) is 0 Å². The number of hydrogen-bond acceptors (Lipinski definition) is 8. The van der Waals surface area contributed by atoms with Gasteiger partial charge in [-0.3, -0.25) is 14.5 Å². The molecule has 1 aromatic heterocycles. The summed E-state index contributed by atoms with van der Waals surface area (Å²) < 4.78 is 27.1. The summed E-state index contributed by atoms with van der Waals surface area (Å²) in [5.41, 5.74) is 0.487. The lowest BCUT2D eigenvalue weighted by Crippen LogP contribution is -2.48. The summed E-state index contributed by atoms with van der Waals surface area (Å²) in [6.07, 6.45) is 0. The van der Waals surface area contributed by atoms with Crippen molar-refractivity contribution in [3.05, 3.63) is 33.7 Å². The number of nitrogens with zero attached hydrogens (tertiary/aromatic N) is 3. The molecule has 0 spiro atoms. The Labute approximate surface area is 189 Å². The summed E-state index contributed by atoms with van der Waals surface area (Å²) in [5, 5.41) is 0.748. The van der Waals surface area contributed by atoms with Crippen LogP contribution in [0.1, 0.15) is 36.5 Å². The van der Waals surface area contributed by atoms with Gasteiger partial charge in [-0.2, -0.15) is 0 Å². The van der Waals surface area contributed by atoms with Gasteiger partial charge in [0.15, 0.2) is 0 Å². The van der Waals surface area contributed by atoms with Crippen molar-refractivity contribution in [1.29, 1.82) is 0 Å². The molecule has 8 nitrogen and oxygen atoms in total. The lowest BCUT2D eigenvalue weighted by molar-refractivity contribution is -0.144. The fourth-order valence-corrected chi connectivity index (χ4v) is 5.35. The summed E-state index contributed by atoms with van der Waals surface area (Å²) in [6, 6.07) is 2.92. The van der Waals surface area contributed by atoms with Gasteiger partial charge in [0.25, 0.3) is 0 Å². The Morgan fingerprint density at radius 1 is 1.12 bits per heavy atom. The largest absolute Gasteiger partial charge is 0.465 e. The predicted octanol–water partition coefficient (Wildman–Crippen LogP) is 2.63. The molecule has 32 heavy (non-hydrogen) atoms. The van der Waals surface area contributed by atoms with E-state index in [0.29, 0.717) is 49.0 Å². The highest BCUT2D eigenvalue weighted by Crippen LogP contribution is 2.46. The molecule has 172 valence electrons. The number of ether oxygens (including phenoxy) is 2. The van der Waals surface area contributed by atoms with Crippen LogP contribution in [-0.4, -0.2) is 67.3 Å². The Hall–Kier alpha value is -2.59. The standard InChI is InChI=1S/C22H26FN3O5S/c1-4-30-18(27)12-24-6-8-25(9-7-24)17-11-16-14(10-15(17)23)20(28)19(22(29)31-5-2)21-26(16)13(3)32-21/h10-11,13H,4-9,12H2,1-3H3. The third-order valence-electron chi connectivity index (χ3n) is 5.73. The molecular formula is C22H26FN3O5S. The lowest BCUT2D eigenvalue weighted by Gasteiger charge is -2.37. The van der Waals surface area contributed by atoms with Crippen LogP contribution >= 0.6 is 11.8 Å². The number of benzene rings is 1. The number of carbonyl (C=O) groups excluding carboxylic acids is 2. The molecule has 0 radical (unpaired) electrons. The summed E-state index contributed by atoms with van der Waals surface area (Å²) in [5.74, 6) is -1.45. The van der Waals surface area contributed by atoms with Crippen LogP contribution in [0.25, 0.3) is 10.9 Å². The number of anilines is 1. The van der Waals surface area contributed by atoms with Gasteiger partial charge in [0.1, 0.15) is 11.4 Å². The van der Waals surface area contributed by atoms with E-state index in [4.69, 9.17) is 9.47 Å². The first-order valence-corrected chi connectivity index (χ1v) is 11.6. The second-order valence-electron chi connectivity index (χ2n) is 7.71. The van der Waals surface area contributed by atoms with Crippen molar-refractivity contribution in [2.45, 2.75) is 31.2 Å². The van der Waals surface area contributed by atoms with E-state index in [1.165, 1.54) is 17.8 Å². The van der Waals surface area contributed by atoms with Crippen LogP contribution < -0.4 is 10.3 Å². The Balaban J connectivity index is 1.65. The number of aromatic nitrogens is 1. The Morgan fingerprint density at radius 3 is 2.44 bits per heavy atom. The van der Waals surface area contributed by atoms with Crippen molar-refractivity contribution in [2.75, 3.05) is 50.8 Å². The summed E-state index contributed by atoms with van der Waals surface area (Å²) >= 11 is 1.42. The van der Waals surface area contributed by atoms with Crippen LogP contribution in [0.3, 0.4) is 0 Å². The molecule has 2 aliphatic heterocycles. The van der Waals surface area contributed by atoms with Crippen LogP contribution in [0.4, 0.5) is 10.1 Å².